The lowest BCUT2D eigenvalue weighted by Crippen LogP contribution is -2.55. The molecule has 1 unspecified atom stereocenters. The molecule has 1 atom stereocenters. The summed E-state index contributed by atoms with van der Waals surface area (Å²) >= 11 is 0. The number of likely N-dealkylation sites (N-methyl/N-ethyl adjacent to an activating group) is 1. The molecule has 0 bridgehead atoms. The van der Waals surface area contributed by atoms with Crippen molar-refractivity contribution in [3.05, 3.63) is 66.0 Å². The number of hydrogen-bond acceptors (Lipinski definition) is 6. The van der Waals surface area contributed by atoms with Crippen LogP contribution in [-0.4, -0.2) is 90.0 Å². The van der Waals surface area contributed by atoms with Crippen LogP contribution >= 0.6 is 0 Å². The summed E-state index contributed by atoms with van der Waals surface area (Å²) in [5.41, 5.74) is 3.71. The zero-order valence-corrected chi connectivity index (χ0v) is 26.9. The Morgan fingerprint density at radius 3 is 2.30 bits per heavy atom. The number of aromatic nitrogens is 1. The van der Waals surface area contributed by atoms with Gasteiger partial charge in [-0.1, -0.05) is 36.8 Å². The normalized spacial score (nSPS) is 14.4. The highest BCUT2D eigenvalue weighted by molar-refractivity contribution is 5.88. The first-order valence-corrected chi connectivity index (χ1v) is 15.4. The summed E-state index contributed by atoms with van der Waals surface area (Å²) in [5.74, 6) is -0.485. The van der Waals surface area contributed by atoms with Crippen molar-refractivity contribution in [2.75, 3.05) is 39.8 Å². The Bertz CT molecular complexity index is 1240. The number of benzene rings is 1. The summed E-state index contributed by atoms with van der Waals surface area (Å²) < 4.78 is 7.22. The van der Waals surface area contributed by atoms with Crippen LogP contribution in [0.1, 0.15) is 57.6 Å². The summed E-state index contributed by atoms with van der Waals surface area (Å²) in [5, 5.41) is 4.28. The van der Waals surface area contributed by atoms with E-state index < -0.39 is 17.7 Å². The predicted molar refractivity (Wildman–Crippen MR) is 167 cm³/mol. The minimum Gasteiger partial charge on any atom is -0.443 e. The van der Waals surface area contributed by atoms with Crippen molar-refractivity contribution in [1.82, 2.24) is 25.6 Å². The van der Waals surface area contributed by atoms with E-state index in [1.807, 2.05) is 78.4 Å². The average molecular weight is 610 g/mol. The van der Waals surface area contributed by atoms with Gasteiger partial charge >= 0.3 is 6.09 Å². The molecule has 1 fully saturated rings. The third kappa shape index (κ3) is 12.3. The lowest BCUT2D eigenvalue weighted by Gasteiger charge is -2.35. The molecule has 11 heteroatoms. The van der Waals surface area contributed by atoms with Crippen molar-refractivity contribution >= 4 is 23.8 Å². The van der Waals surface area contributed by atoms with Crippen molar-refractivity contribution < 1.29 is 28.5 Å². The predicted octanol–water partition coefficient (Wildman–Crippen LogP) is 2.38. The van der Waals surface area contributed by atoms with Gasteiger partial charge in [-0.25, -0.2) is 14.8 Å². The van der Waals surface area contributed by atoms with Gasteiger partial charge < -0.3 is 19.9 Å². The second kappa shape index (κ2) is 16.7. The fourth-order valence-electron chi connectivity index (χ4n) is 4.97. The Labute approximate surface area is 261 Å². The Kier molecular flexibility index (Phi) is 13.1. The molecule has 3 rings (SSSR count). The largest absolute Gasteiger partial charge is 0.443 e. The van der Waals surface area contributed by atoms with Crippen LogP contribution in [0, 0.1) is 0 Å². The third-order valence-electron chi connectivity index (χ3n) is 7.30. The topological polar surface area (TPSA) is 115 Å². The standard InChI is InChI=1S/C33H48N6O5/c1-33(2,3)44-32(43)35-39(30(41)24-27-15-12-17-37(5)25-27)18-11-7-10-16-29(40)34-28(23-26-13-8-6-9-14-26)31(42)38-21-19-36(4)20-22-38/h6,8-9,12-15,17,25,28H,7,10-11,16,18-24H2,1-5H3,(H-,34,35,40,43)/p+1. The number of nitrogens with one attached hydrogen (secondary N) is 2. The number of carbonyl (C=O) groups excluding carboxylic acids is 4. The van der Waals surface area contributed by atoms with Crippen LogP contribution < -0.4 is 15.3 Å². The molecule has 44 heavy (non-hydrogen) atoms. The Hall–Kier alpha value is -3.99. The summed E-state index contributed by atoms with van der Waals surface area (Å²) in [6.07, 6.45) is 5.67. The summed E-state index contributed by atoms with van der Waals surface area (Å²) in [4.78, 5) is 56.0. The van der Waals surface area contributed by atoms with Crippen LogP contribution in [0.25, 0.3) is 0 Å². The molecule has 2 heterocycles. The van der Waals surface area contributed by atoms with Crippen molar-refractivity contribution in [1.29, 1.82) is 0 Å². The first-order chi connectivity index (χ1) is 20.9. The summed E-state index contributed by atoms with van der Waals surface area (Å²) in [7, 11) is 3.92. The van der Waals surface area contributed by atoms with Crippen LogP contribution in [0.2, 0.25) is 0 Å². The van der Waals surface area contributed by atoms with E-state index in [1.165, 1.54) is 5.01 Å². The number of pyridine rings is 1. The van der Waals surface area contributed by atoms with Gasteiger partial charge in [0.25, 0.3) is 0 Å². The first-order valence-electron chi connectivity index (χ1n) is 15.4. The van der Waals surface area contributed by atoms with E-state index in [4.69, 9.17) is 4.74 Å². The van der Waals surface area contributed by atoms with Crippen molar-refractivity contribution in [3.63, 3.8) is 0 Å². The number of amides is 4. The van der Waals surface area contributed by atoms with Crippen molar-refractivity contribution in [2.45, 2.75) is 70.9 Å². The number of nitrogens with zero attached hydrogens (tertiary/aromatic N) is 4. The number of aryl methyl sites for hydroxylation is 1. The number of hydrogen-bond donors (Lipinski definition) is 2. The van der Waals surface area contributed by atoms with Gasteiger partial charge in [-0.15, -0.1) is 0 Å². The molecular formula is C33H49N6O5+. The molecule has 4 amide bonds. The van der Waals surface area contributed by atoms with Gasteiger partial charge in [0.1, 0.15) is 18.7 Å². The first kappa shape index (κ1) is 34.5. The second-order valence-corrected chi connectivity index (χ2v) is 12.5. The highest BCUT2D eigenvalue weighted by atomic mass is 16.6. The second-order valence-electron chi connectivity index (χ2n) is 12.5. The van der Waals surface area contributed by atoms with E-state index in [1.54, 1.807) is 20.8 Å². The minimum absolute atomic E-state index is 0.0512. The monoisotopic (exact) mass is 609 g/mol. The summed E-state index contributed by atoms with van der Waals surface area (Å²) in [6, 6.07) is 12.8. The maximum absolute atomic E-state index is 13.4. The number of hydrazine groups is 1. The zero-order valence-electron chi connectivity index (χ0n) is 26.9. The lowest BCUT2D eigenvalue weighted by molar-refractivity contribution is -0.671. The Balaban J connectivity index is 1.52. The molecule has 0 spiro atoms. The van der Waals surface area contributed by atoms with E-state index in [-0.39, 0.29) is 37.1 Å². The molecule has 0 aliphatic carbocycles. The fourth-order valence-corrected chi connectivity index (χ4v) is 4.97. The van der Waals surface area contributed by atoms with Gasteiger partial charge in [-0.2, -0.15) is 0 Å². The van der Waals surface area contributed by atoms with Crippen LogP contribution in [0.3, 0.4) is 0 Å². The lowest BCUT2D eigenvalue weighted by atomic mass is 10.0. The van der Waals surface area contributed by atoms with E-state index in [0.717, 1.165) is 24.2 Å². The van der Waals surface area contributed by atoms with Gasteiger partial charge in [0.2, 0.25) is 17.7 Å². The molecule has 1 aromatic carbocycles. The molecule has 2 N–H and O–H groups in total. The van der Waals surface area contributed by atoms with Crippen molar-refractivity contribution in [2.24, 2.45) is 7.05 Å². The minimum atomic E-state index is -0.705. The zero-order chi connectivity index (χ0) is 32.1. The number of ether oxygens (including phenoxy) is 1. The maximum Gasteiger partial charge on any atom is 0.426 e. The number of rotatable bonds is 12. The average Bonchev–Trinajstić information content (AvgIpc) is 2.95. The molecule has 2 aromatic rings. The van der Waals surface area contributed by atoms with Gasteiger partial charge in [-0.05, 0) is 52.3 Å². The molecule has 0 saturated carbocycles. The van der Waals surface area contributed by atoms with Crippen LogP contribution in [0.15, 0.2) is 54.9 Å². The number of unbranched alkanes of at least 4 members (excludes halogenated alkanes) is 2. The molecule has 1 aliphatic heterocycles. The smallest absolute Gasteiger partial charge is 0.426 e. The van der Waals surface area contributed by atoms with Crippen molar-refractivity contribution in [3.8, 4) is 0 Å². The highest BCUT2D eigenvalue weighted by Gasteiger charge is 2.28. The SMILES string of the molecule is CN1CCN(C(=O)C(Cc2ccccc2)NC(=O)CCCCCN(NC(=O)OC(C)(C)C)C(=O)Cc2ccc[n+](C)c2)CC1. The molecular weight excluding hydrogens is 560 g/mol. The van der Waals surface area contributed by atoms with Crippen LogP contribution in [0.4, 0.5) is 4.79 Å². The van der Waals surface area contributed by atoms with E-state index in [0.29, 0.717) is 38.8 Å². The van der Waals surface area contributed by atoms with Gasteiger partial charge in [-0.3, -0.25) is 19.4 Å². The highest BCUT2D eigenvalue weighted by Crippen LogP contribution is 2.11. The van der Waals surface area contributed by atoms with E-state index in [2.05, 4.69) is 15.6 Å². The third-order valence-corrected chi connectivity index (χ3v) is 7.30. The van der Waals surface area contributed by atoms with Crippen LogP contribution in [-0.2, 0) is 39.0 Å². The number of carbonyl (C=O) groups is 4. The van der Waals surface area contributed by atoms with E-state index in [9.17, 15) is 19.2 Å². The van der Waals surface area contributed by atoms with Gasteiger partial charge in [0.05, 0.1) is 6.42 Å². The molecule has 1 saturated heterocycles. The summed E-state index contributed by atoms with van der Waals surface area (Å²) in [6.45, 7) is 8.47. The van der Waals surface area contributed by atoms with E-state index >= 15 is 0 Å². The van der Waals surface area contributed by atoms with Gasteiger partial charge in [0, 0.05) is 57.2 Å². The number of piperazine rings is 1. The Morgan fingerprint density at radius 2 is 1.64 bits per heavy atom. The van der Waals surface area contributed by atoms with Gasteiger partial charge in [0.15, 0.2) is 12.4 Å². The molecule has 1 aromatic heterocycles. The molecule has 11 nitrogen and oxygen atoms in total. The quantitative estimate of drug-likeness (QED) is 0.217. The molecule has 240 valence electrons. The maximum atomic E-state index is 13.4. The van der Waals surface area contributed by atoms with Crippen LogP contribution in [0.5, 0.6) is 0 Å². The molecule has 1 aliphatic rings. The fraction of sp³-hybridized carbons (Fsp3) is 0.545. The molecule has 0 radical (unpaired) electrons. The Morgan fingerprint density at radius 1 is 0.955 bits per heavy atom.